The van der Waals surface area contributed by atoms with Crippen molar-refractivity contribution in [3.63, 3.8) is 0 Å². The fraction of sp³-hybridized carbons (Fsp3) is 0. The lowest BCUT2D eigenvalue weighted by molar-refractivity contribution is 0.276. The van der Waals surface area contributed by atoms with E-state index in [9.17, 15) is 0 Å². The smallest absolute Gasteiger partial charge is 0.402 e. The van der Waals surface area contributed by atoms with Crippen LogP contribution in [-0.2, 0) is 0 Å². The molecule has 384 valence electrons. The molecule has 96 N–H and O–H groups in total. The Morgan fingerprint density at radius 3 is 0.0893 bits per heavy atom. The average Bonchev–Trinajstić information content (AvgIpc) is 2.30. The van der Waals surface area contributed by atoms with Crippen molar-refractivity contribution in [2.75, 3.05) is 0 Å². The largest absolute Gasteiger partial charge is 0.631 e. The third-order valence-corrected chi connectivity index (χ3v) is 0. The zero-order chi connectivity index (χ0) is 28.6. The van der Waals surface area contributed by atoms with E-state index in [1.54, 1.807) is 0 Å². The minimum atomic E-state index is -2.17. The summed E-state index contributed by atoms with van der Waals surface area (Å²) < 4.78 is 0. The maximum atomic E-state index is 7.17. The standard InChI is InChI=1S/8BH3O3.24H3N/c8*2-1(3)4;;;;;;;;;;;;;;;;;;;;;;;;/h8*2-4H;24*1H3. The summed E-state index contributed by atoms with van der Waals surface area (Å²) in [6.45, 7) is 0. The SMILES string of the molecule is N.N.N.N.N.N.N.N.N.N.N.N.N.N.N.N.N.N.N.N.N.N.N.N.OB(O)O.OB(O)O.OB(O)O.OB(O)O.OB(O)O.OB(O)O.OB(O)O.OB(O)O. The van der Waals surface area contributed by atoms with Gasteiger partial charge in [0.2, 0.25) is 0 Å². The first-order chi connectivity index (χ1) is 13.9. The fourth-order valence-electron chi connectivity index (χ4n) is 0. The van der Waals surface area contributed by atoms with Crippen LogP contribution in [0, 0.1) is 0 Å². The summed E-state index contributed by atoms with van der Waals surface area (Å²) in [6.07, 6.45) is 0. The van der Waals surface area contributed by atoms with Gasteiger partial charge < -0.3 is 268 Å². The fourth-order valence-corrected chi connectivity index (χ4v) is 0. The van der Waals surface area contributed by atoms with Crippen LogP contribution in [0.25, 0.3) is 0 Å². The van der Waals surface area contributed by atoms with E-state index in [4.69, 9.17) is 121 Å². The molecule has 0 heterocycles. The molecule has 0 unspecified atom stereocenters. The van der Waals surface area contributed by atoms with Gasteiger partial charge in [0.25, 0.3) is 0 Å². The second-order valence-corrected chi connectivity index (χ2v) is 2.77. The Labute approximate surface area is 327 Å². The predicted molar refractivity (Wildman–Crippen MR) is 220 cm³/mol. The molecule has 0 spiro atoms. The Bertz CT molecular complexity index is 191. The molecule has 0 radical (unpaired) electrons. The summed E-state index contributed by atoms with van der Waals surface area (Å²) in [5, 5.41) is 172. The highest BCUT2D eigenvalue weighted by Crippen LogP contribution is 1.43. The van der Waals surface area contributed by atoms with Gasteiger partial charge in [0.1, 0.15) is 0 Å². The van der Waals surface area contributed by atoms with Crippen molar-refractivity contribution in [2.24, 2.45) is 0 Å². The second kappa shape index (κ2) is 290. The van der Waals surface area contributed by atoms with Crippen molar-refractivity contribution in [3.8, 4) is 0 Å². The zero-order valence-electron chi connectivity index (χ0n) is 32.3. The van der Waals surface area contributed by atoms with Crippen molar-refractivity contribution in [1.29, 1.82) is 0 Å². The summed E-state index contributed by atoms with van der Waals surface area (Å²) in [5.41, 5.74) is 0. The highest BCUT2D eigenvalue weighted by atomic mass is 16.6. The van der Waals surface area contributed by atoms with Gasteiger partial charge in [0, 0.05) is 0 Å². The first-order valence-corrected chi connectivity index (χ1v) is 6.20. The van der Waals surface area contributed by atoms with Gasteiger partial charge >= 0.3 is 58.6 Å². The molecule has 0 amide bonds. The van der Waals surface area contributed by atoms with Gasteiger partial charge in [0.15, 0.2) is 0 Å². The molecule has 0 rings (SSSR count). The Kier molecular flexibility index (Phi) is 1590. The summed E-state index contributed by atoms with van der Waals surface area (Å²) in [6, 6.07) is 0. The molecule has 0 aromatic rings. The molecule has 0 saturated heterocycles. The molecule has 56 heteroatoms. The molecule has 0 aliphatic heterocycles. The van der Waals surface area contributed by atoms with Crippen LogP contribution in [0.4, 0.5) is 0 Å². The van der Waals surface area contributed by atoms with Crippen LogP contribution in [0.2, 0.25) is 0 Å². The summed E-state index contributed by atoms with van der Waals surface area (Å²) in [5.74, 6) is 0. The van der Waals surface area contributed by atoms with Crippen LogP contribution in [0.5, 0.6) is 0 Å². The molecule has 56 heavy (non-hydrogen) atoms. The van der Waals surface area contributed by atoms with Crippen LogP contribution in [-0.4, -0.2) is 179 Å². The van der Waals surface area contributed by atoms with E-state index in [0.29, 0.717) is 0 Å². The van der Waals surface area contributed by atoms with Crippen molar-refractivity contribution in [3.05, 3.63) is 0 Å². The van der Waals surface area contributed by atoms with E-state index in [1.807, 2.05) is 0 Å². The van der Waals surface area contributed by atoms with E-state index >= 15 is 0 Å². The molecule has 0 saturated carbocycles. The maximum absolute atomic E-state index is 7.17. The summed E-state index contributed by atoms with van der Waals surface area (Å²) >= 11 is 0. The highest BCUT2D eigenvalue weighted by Gasteiger charge is 1.95. The lowest BCUT2D eigenvalue weighted by Crippen LogP contribution is -2.07. The lowest BCUT2D eigenvalue weighted by atomic mass is 10.3. The Morgan fingerprint density at radius 1 is 0.0893 bits per heavy atom. The van der Waals surface area contributed by atoms with Crippen LogP contribution in [0.1, 0.15) is 0 Å². The topological polar surface area (TPSA) is 1330 Å². The number of rotatable bonds is 0. The molecule has 48 nitrogen and oxygen atoms in total. The number of hydrogen-bond acceptors (Lipinski definition) is 48. The Hall–Kier alpha value is -1.40. The van der Waals surface area contributed by atoms with Crippen molar-refractivity contribution in [2.45, 2.75) is 0 Å². The minimum absolute atomic E-state index is 0. The first kappa shape index (κ1) is 307. The summed E-state index contributed by atoms with van der Waals surface area (Å²) in [4.78, 5) is 0. The predicted octanol–water partition coefficient (Wildman–Crippen LogP) is -12.5. The minimum Gasteiger partial charge on any atom is -0.402 e. The average molecular weight is 903 g/mol. The molecular formula is H96B8N24O24. The molecular weight excluding hydrogens is 807 g/mol. The van der Waals surface area contributed by atoms with Gasteiger partial charge in [-0.3, -0.25) is 0 Å². The molecule has 0 aliphatic carbocycles. The molecule has 0 atom stereocenters. The Balaban J connectivity index is -0.00000000369. The van der Waals surface area contributed by atoms with Gasteiger partial charge in [-0.05, 0) is 0 Å². The van der Waals surface area contributed by atoms with Gasteiger partial charge in [-0.2, -0.15) is 0 Å². The van der Waals surface area contributed by atoms with Crippen LogP contribution >= 0.6 is 0 Å². The second-order valence-electron chi connectivity index (χ2n) is 2.77. The first-order valence-electron chi connectivity index (χ1n) is 6.20. The van der Waals surface area contributed by atoms with Gasteiger partial charge in [-0.25, -0.2) is 0 Å². The third-order valence-electron chi connectivity index (χ3n) is 0. The van der Waals surface area contributed by atoms with Crippen molar-refractivity contribution >= 4 is 58.6 Å². The maximum Gasteiger partial charge on any atom is 0.631 e. The summed E-state index contributed by atoms with van der Waals surface area (Å²) in [7, 11) is -17.3. The van der Waals surface area contributed by atoms with Crippen LogP contribution < -0.4 is 148 Å². The van der Waals surface area contributed by atoms with E-state index in [1.165, 1.54) is 0 Å². The molecule has 0 fully saturated rings. The molecule has 0 aromatic carbocycles. The lowest BCUT2D eigenvalue weighted by Gasteiger charge is -1.69. The number of hydrogen-bond donors (Lipinski definition) is 48. The van der Waals surface area contributed by atoms with Crippen molar-refractivity contribution < 1.29 is 121 Å². The van der Waals surface area contributed by atoms with Crippen LogP contribution in [0.15, 0.2) is 0 Å². The van der Waals surface area contributed by atoms with E-state index in [0.717, 1.165) is 0 Å². The van der Waals surface area contributed by atoms with Gasteiger partial charge in [0.05, 0.1) is 0 Å². The van der Waals surface area contributed by atoms with E-state index in [2.05, 4.69) is 0 Å². The van der Waals surface area contributed by atoms with Crippen LogP contribution in [0.3, 0.4) is 0 Å². The monoisotopic (exact) mass is 905 g/mol. The van der Waals surface area contributed by atoms with Gasteiger partial charge in [-0.15, -0.1) is 0 Å². The van der Waals surface area contributed by atoms with Crippen molar-refractivity contribution in [1.82, 2.24) is 148 Å². The molecule has 0 aromatic heterocycles. The molecule has 0 bridgehead atoms. The molecule has 0 aliphatic rings. The third kappa shape index (κ3) is 71400. The zero-order valence-corrected chi connectivity index (χ0v) is 32.3. The van der Waals surface area contributed by atoms with E-state index < -0.39 is 58.6 Å². The normalized spacial score (nSPS) is 3.86. The van der Waals surface area contributed by atoms with E-state index in [-0.39, 0.29) is 148 Å². The Morgan fingerprint density at radius 2 is 0.0893 bits per heavy atom. The highest BCUT2D eigenvalue weighted by molar-refractivity contribution is 6.32. The quantitative estimate of drug-likeness (QED) is 0.100. The van der Waals surface area contributed by atoms with Gasteiger partial charge in [-0.1, -0.05) is 0 Å².